The maximum atomic E-state index is 12.2. The molecule has 1 heterocycles. The van der Waals surface area contributed by atoms with Gasteiger partial charge < -0.3 is 9.47 Å². The summed E-state index contributed by atoms with van der Waals surface area (Å²) in [4.78, 5) is 0.219. The lowest BCUT2D eigenvalue weighted by Crippen LogP contribution is -2.32. The van der Waals surface area contributed by atoms with Gasteiger partial charge in [-0.3, -0.25) is 0 Å². The van der Waals surface area contributed by atoms with Crippen LogP contribution in [0.15, 0.2) is 27.6 Å². The molecule has 1 aromatic carbocycles. The number of benzene rings is 1. The highest BCUT2D eigenvalue weighted by molar-refractivity contribution is 9.10. The van der Waals surface area contributed by atoms with E-state index in [4.69, 9.17) is 9.47 Å². The summed E-state index contributed by atoms with van der Waals surface area (Å²) in [6, 6.07) is 4.69. The lowest BCUT2D eigenvalue weighted by molar-refractivity contribution is 0.107. The Kier molecular flexibility index (Phi) is 5.06. The van der Waals surface area contributed by atoms with E-state index in [0.717, 1.165) is 6.42 Å². The van der Waals surface area contributed by atoms with Crippen molar-refractivity contribution in [2.75, 3.05) is 20.3 Å². The minimum atomic E-state index is -3.51. The van der Waals surface area contributed by atoms with Crippen molar-refractivity contribution in [3.8, 4) is 5.75 Å². The van der Waals surface area contributed by atoms with Crippen molar-refractivity contribution in [1.82, 2.24) is 4.72 Å². The van der Waals surface area contributed by atoms with E-state index in [0.29, 0.717) is 23.4 Å². The first-order chi connectivity index (χ1) is 9.44. The van der Waals surface area contributed by atoms with Gasteiger partial charge in [0.15, 0.2) is 0 Å². The fourth-order valence-corrected chi connectivity index (χ4v) is 3.97. The molecule has 5 nitrogen and oxygen atoms in total. The van der Waals surface area contributed by atoms with Gasteiger partial charge >= 0.3 is 0 Å². The molecule has 0 amide bonds. The van der Waals surface area contributed by atoms with Crippen molar-refractivity contribution < 1.29 is 17.9 Å². The van der Waals surface area contributed by atoms with Crippen LogP contribution in [0.25, 0.3) is 0 Å². The van der Waals surface area contributed by atoms with E-state index in [9.17, 15) is 8.42 Å². The van der Waals surface area contributed by atoms with Crippen LogP contribution in [0.3, 0.4) is 0 Å². The molecular formula is C13H18BrNO4S. The van der Waals surface area contributed by atoms with Crippen LogP contribution in [0.2, 0.25) is 0 Å². The van der Waals surface area contributed by atoms with Gasteiger partial charge in [-0.15, -0.1) is 0 Å². The standard InChI is InChI=1S/C13H18BrNO4S/c1-9-10(5-6-19-9)8-15-20(16,17)11-3-4-13(18-2)12(14)7-11/h3-4,7,9-10,15H,5-6,8H2,1-2H3. The summed E-state index contributed by atoms with van der Waals surface area (Å²) in [7, 11) is -1.97. The molecule has 1 fully saturated rings. The van der Waals surface area contributed by atoms with Crippen molar-refractivity contribution in [2.24, 2.45) is 5.92 Å². The number of ether oxygens (including phenoxy) is 2. The highest BCUT2D eigenvalue weighted by Crippen LogP contribution is 2.27. The number of nitrogens with one attached hydrogen (secondary N) is 1. The monoisotopic (exact) mass is 363 g/mol. The van der Waals surface area contributed by atoms with Gasteiger partial charge in [-0.25, -0.2) is 13.1 Å². The first-order valence-electron chi connectivity index (χ1n) is 6.39. The zero-order chi connectivity index (χ0) is 14.8. The first-order valence-corrected chi connectivity index (χ1v) is 8.66. The van der Waals surface area contributed by atoms with Crippen molar-refractivity contribution in [2.45, 2.75) is 24.3 Å². The Morgan fingerprint density at radius 3 is 2.80 bits per heavy atom. The second kappa shape index (κ2) is 6.43. The topological polar surface area (TPSA) is 64.6 Å². The number of methoxy groups -OCH3 is 1. The number of rotatable bonds is 5. The average molecular weight is 364 g/mol. The van der Waals surface area contributed by atoms with Crippen LogP contribution in [-0.2, 0) is 14.8 Å². The molecule has 2 rings (SSSR count). The van der Waals surface area contributed by atoms with Gasteiger partial charge in [-0.1, -0.05) is 0 Å². The highest BCUT2D eigenvalue weighted by Gasteiger charge is 2.26. The maximum absolute atomic E-state index is 12.2. The van der Waals surface area contributed by atoms with Gasteiger partial charge in [-0.2, -0.15) is 0 Å². The van der Waals surface area contributed by atoms with Crippen LogP contribution < -0.4 is 9.46 Å². The summed E-state index contributed by atoms with van der Waals surface area (Å²) in [5, 5.41) is 0. The minimum Gasteiger partial charge on any atom is -0.496 e. The first kappa shape index (κ1) is 15.8. The lowest BCUT2D eigenvalue weighted by atomic mass is 10.0. The number of hydrogen-bond donors (Lipinski definition) is 1. The van der Waals surface area contributed by atoms with Gasteiger partial charge in [-0.05, 0) is 47.5 Å². The molecule has 0 bridgehead atoms. The van der Waals surface area contributed by atoms with E-state index >= 15 is 0 Å². The largest absolute Gasteiger partial charge is 0.496 e. The number of hydrogen-bond acceptors (Lipinski definition) is 4. The normalized spacial score (nSPS) is 22.9. The number of sulfonamides is 1. The van der Waals surface area contributed by atoms with E-state index in [1.165, 1.54) is 19.2 Å². The quantitative estimate of drug-likeness (QED) is 0.870. The average Bonchev–Trinajstić information content (AvgIpc) is 2.82. The molecule has 0 radical (unpaired) electrons. The Morgan fingerprint density at radius 2 is 2.25 bits per heavy atom. The summed E-state index contributed by atoms with van der Waals surface area (Å²) < 4.78 is 38.2. The molecule has 7 heteroatoms. The Labute approximate surface area is 127 Å². The van der Waals surface area contributed by atoms with Crippen LogP contribution in [0, 0.1) is 5.92 Å². The van der Waals surface area contributed by atoms with Crippen molar-refractivity contribution in [1.29, 1.82) is 0 Å². The molecular weight excluding hydrogens is 346 g/mol. The van der Waals surface area contributed by atoms with E-state index in [1.807, 2.05) is 6.92 Å². The van der Waals surface area contributed by atoms with Crippen LogP contribution >= 0.6 is 15.9 Å². The summed E-state index contributed by atoms with van der Waals surface area (Å²) in [5.74, 6) is 0.827. The zero-order valence-electron chi connectivity index (χ0n) is 11.4. The van der Waals surface area contributed by atoms with Crippen molar-refractivity contribution in [3.63, 3.8) is 0 Å². The molecule has 0 spiro atoms. The summed E-state index contributed by atoms with van der Waals surface area (Å²) in [5.41, 5.74) is 0. The van der Waals surface area contributed by atoms with E-state index < -0.39 is 10.0 Å². The molecule has 1 aliphatic heterocycles. The molecule has 1 saturated heterocycles. The fourth-order valence-electron chi connectivity index (χ4n) is 2.16. The summed E-state index contributed by atoms with van der Waals surface area (Å²) >= 11 is 3.29. The third kappa shape index (κ3) is 3.52. The van der Waals surface area contributed by atoms with Gasteiger partial charge in [0.2, 0.25) is 10.0 Å². The van der Waals surface area contributed by atoms with Gasteiger partial charge in [0.1, 0.15) is 5.75 Å². The van der Waals surface area contributed by atoms with Crippen LogP contribution in [-0.4, -0.2) is 34.8 Å². The second-order valence-corrected chi connectivity index (χ2v) is 7.39. The third-order valence-electron chi connectivity index (χ3n) is 3.50. The fraction of sp³-hybridized carbons (Fsp3) is 0.538. The van der Waals surface area contributed by atoms with E-state index in [1.54, 1.807) is 6.07 Å². The van der Waals surface area contributed by atoms with Crippen LogP contribution in [0.5, 0.6) is 5.75 Å². The SMILES string of the molecule is COc1ccc(S(=O)(=O)NCC2CCOC2C)cc1Br. The molecule has 1 aliphatic rings. The lowest BCUT2D eigenvalue weighted by Gasteiger charge is -2.15. The van der Waals surface area contributed by atoms with Gasteiger partial charge in [0.25, 0.3) is 0 Å². The molecule has 0 aromatic heterocycles. The smallest absolute Gasteiger partial charge is 0.240 e. The number of halogens is 1. The van der Waals surface area contributed by atoms with Gasteiger partial charge in [0.05, 0.1) is 22.6 Å². The molecule has 1 N–H and O–H groups in total. The molecule has 1 aromatic rings. The molecule has 2 unspecified atom stereocenters. The molecule has 112 valence electrons. The van der Waals surface area contributed by atoms with E-state index in [-0.39, 0.29) is 16.9 Å². The third-order valence-corrected chi connectivity index (χ3v) is 5.54. The molecule has 0 saturated carbocycles. The predicted octanol–water partition coefficient (Wildman–Crippen LogP) is 2.16. The minimum absolute atomic E-state index is 0.0975. The summed E-state index contributed by atoms with van der Waals surface area (Å²) in [6.07, 6.45) is 0.982. The predicted molar refractivity (Wildman–Crippen MR) is 79.4 cm³/mol. The Hall–Kier alpha value is -0.630. The Bertz CT molecular complexity index is 576. The zero-order valence-corrected chi connectivity index (χ0v) is 13.8. The van der Waals surface area contributed by atoms with E-state index in [2.05, 4.69) is 20.7 Å². The van der Waals surface area contributed by atoms with Gasteiger partial charge in [0, 0.05) is 19.1 Å². The van der Waals surface area contributed by atoms with Crippen LogP contribution in [0.4, 0.5) is 0 Å². The molecule has 0 aliphatic carbocycles. The van der Waals surface area contributed by atoms with Crippen molar-refractivity contribution in [3.05, 3.63) is 22.7 Å². The Balaban J connectivity index is 2.08. The molecule has 2 atom stereocenters. The summed E-state index contributed by atoms with van der Waals surface area (Å²) in [6.45, 7) is 3.06. The van der Waals surface area contributed by atoms with Crippen LogP contribution in [0.1, 0.15) is 13.3 Å². The highest BCUT2D eigenvalue weighted by atomic mass is 79.9. The van der Waals surface area contributed by atoms with Crippen molar-refractivity contribution >= 4 is 26.0 Å². The second-order valence-electron chi connectivity index (χ2n) is 4.77. The molecule has 20 heavy (non-hydrogen) atoms. The Morgan fingerprint density at radius 1 is 1.50 bits per heavy atom. The maximum Gasteiger partial charge on any atom is 0.240 e.